The van der Waals surface area contributed by atoms with Crippen LogP contribution in [0.2, 0.25) is 19.1 Å². The Kier molecular flexibility index (Phi) is 34.8. The molecule has 0 aromatic heterocycles. The van der Waals surface area contributed by atoms with Gasteiger partial charge in [0.15, 0.2) is 0 Å². The predicted octanol–water partition coefficient (Wildman–Crippen LogP) is 15.2. The van der Waals surface area contributed by atoms with Crippen LogP contribution in [0.4, 0.5) is 0 Å². The fourth-order valence-electron chi connectivity index (χ4n) is 6.48. The predicted molar refractivity (Wildman–Crippen MR) is 197 cm³/mol. The molecule has 0 amide bonds. The van der Waals surface area contributed by atoms with Gasteiger partial charge in [-0.2, -0.15) is 11.1 Å². The minimum atomic E-state index is -1.32. The maximum atomic E-state index is 10.5. The molecular weight excluding hydrogens is 564 g/mol. The molecule has 0 aliphatic carbocycles. The number of carboxylic acid groups (broad SMARTS) is 1. The van der Waals surface area contributed by atoms with Crippen molar-refractivity contribution in [3.05, 3.63) is 0 Å². The lowest BCUT2D eigenvalue weighted by atomic mass is 10.0. The second kappa shape index (κ2) is 34.8. The summed E-state index contributed by atoms with van der Waals surface area (Å²) in [5.74, 6) is -0.648. The third-order valence-corrected chi connectivity index (χ3v) is 11.5. The maximum absolute atomic E-state index is 10.5. The van der Waals surface area contributed by atoms with Crippen LogP contribution in [0.3, 0.4) is 0 Å². The number of carbonyl (C=O) groups is 1. The molecule has 0 rings (SSSR count). The van der Waals surface area contributed by atoms with E-state index in [4.69, 9.17) is 16.2 Å². The Bertz CT molecular complexity index is 548. The average Bonchev–Trinajstić information content (AvgIpc) is 2.96. The summed E-state index contributed by atoms with van der Waals surface area (Å²) >= 11 is 6.40. The van der Waals surface area contributed by atoms with Gasteiger partial charge in [-0.25, -0.2) is 0 Å². The number of halogens is 1. The first kappa shape index (κ1) is 43.0. The largest absolute Gasteiger partial charge is 0.481 e. The molecule has 0 fully saturated rings. The first-order chi connectivity index (χ1) is 20.9. The molecule has 0 saturated carbocycles. The standard InChI is InChI=1S/C39H79ClO2Si/c1-43(2,40)38-36-34-32-30-28-26-24-22-20-18-16-14-12-10-8-6-4-3-5-7-9-11-13-15-17-19-21-23-25-27-29-31-33-35-37-39(41)42/h3-38H2,1-2H3,(H,41,42). The lowest BCUT2D eigenvalue weighted by Crippen LogP contribution is -2.14. The molecule has 0 radical (unpaired) electrons. The fourth-order valence-corrected chi connectivity index (χ4v) is 7.97. The zero-order valence-electron chi connectivity index (χ0n) is 29.7. The average molecular weight is 644 g/mol. The molecule has 2 nitrogen and oxygen atoms in total. The summed E-state index contributed by atoms with van der Waals surface area (Å²) < 4.78 is 0. The summed E-state index contributed by atoms with van der Waals surface area (Å²) in [5.41, 5.74) is 0. The Hall–Kier alpha value is -0.0231. The van der Waals surface area contributed by atoms with Crippen molar-refractivity contribution in [1.29, 1.82) is 0 Å². The van der Waals surface area contributed by atoms with Crippen LogP contribution >= 0.6 is 11.1 Å². The number of unbranched alkanes of at least 4 members (excludes halogenated alkanes) is 33. The van der Waals surface area contributed by atoms with E-state index < -0.39 is 13.4 Å². The molecule has 1 N–H and O–H groups in total. The van der Waals surface area contributed by atoms with Gasteiger partial charge in [0.25, 0.3) is 0 Å². The van der Waals surface area contributed by atoms with Gasteiger partial charge in [0, 0.05) is 6.42 Å². The Balaban J connectivity index is 3.06. The van der Waals surface area contributed by atoms with E-state index in [1.54, 1.807) is 0 Å². The zero-order chi connectivity index (χ0) is 31.5. The van der Waals surface area contributed by atoms with E-state index in [1.165, 1.54) is 212 Å². The highest BCUT2D eigenvalue weighted by molar-refractivity contribution is 7.19. The highest BCUT2D eigenvalue weighted by Crippen LogP contribution is 2.20. The van der Waals surface area contributed by atoms with Gasteiger partial charge in [-0.3, -0.25) is 4.79 Å². The van der Waals surface area contributed by atoms with Gasteiger partial charge in [-0.05, 0) is 12.5 Å². The number of aliphatic carboxylic acids is 1. The Morgan fingerprint density at radius 1 is 0.372 bits per heavy atom. The van der Waals surface area contributed by atoms with E-state index in [0.717, 1.165) is 12.8 Å². The van der Waals surface area contributed by atoms with Crippen molar-refractivity contribution >= 4 is 24.4 Å². The molecule has 0 heterocycles. The number of carboxylic acids is 1. The lowest BCUT2D eigenvalue weighted by molar-refractivity contribution is -0.137. The van der Waals surface area contributed by atoms with Gasteiger partial charge in [0.2, 0.25) is 0 Å². The summed E-state index contributed by atoms with van der Waals surface area (Å²) in [6.45, 7) is 4.54. The highest BCUT2D eigenvalue weighted by atomic mass is 35.6. The SMILES string of the molecule is C[Si](C)(Cl)CCCCCCCCCCCCCCCCCCCCCCCCCCCCCCCCCCCCC(=O)O. The second-order valence-corrected chi connectivity index (χ2v) is 21.6. The minimum Gasteiger partial charge on any atom is -0.481 e. The number of hydrogen-bond donors (Lipinski definition) is 1. The molecule has 0 aliphatic rings. The summed E-state index contributed by atoms with van der Waals surface area (Å²) in [4.78, 5) is 10.5. The lowest BCUT2D eigenvalue weighted by Gasteiger charge is -2.11. The highest BCUT2D eigenvalue weighted by Gasteiger charge is 2.15. The molecular formula is C39H79ClO2Si. The third kappa shape index (κ3) is 42.0. The molecule has 0 unspecified atom stereocenters. The summed E-state index contributed by atoms with van der Waals surface area (Å²) in [6, 6.07) is 1.29. The Labute approximate surface area is 277 Å². The van der Waals surface area contributed by atoms with Crippen LogP contribution in [-0.4, -0.2) is 18.5 Å². The molecule has 0 bridgehead atoms. The topological polar surface area (TPSA) is 37.3 Å². The van der Waals surface area contributed by atoms with Crippen LogP contribution in [0, 0.1) is 0 Å². The van der Waals surface area contributed by atoms with Crippen molar-refractivity contribution in [2.24, 2.45) is 0 Å². The van der Waals surface area contributed by atoms with Crippen molar-refractivity contribution in [2.75, 3.05) is 0 Å². The molecule has 0 atom stereocenters. The van der Waals surface area contributed by atoms with Crippen molar-refractivity contribution in [2.45, 2.75) is 244 Å². The summed E-state index contributed by atoms with van der Waals surface area (Å²) in [5, 5.41) is 8.64. The van der Waals surface area contributed by atoms with E-state index >= 15 is 0 Å². The zero-order valence-corrected chi connectivity index (χ0v) is 31.4. The second-order valence-electron chi connectivity index (χ2n) is 14.6. The quantitative estimate of drug-likeness (QED) is 0.0416. The van der Waals surface area contributed by atoms with Crippen molar-refractivity contribution in [1.82, 2.24) is 0 Å². The smallest absolute Gasteiger partial charge is 0.303 e. The van der Waals surface area contributed by atoms with Gasteiger partial charge in [-0.15, -0.1) is 0 Å². The van der Waals surface area contributed by atoms with Crippen LogP contribution in [0.15, 0.2) is 0 Å². The molecule has 43 heavy (non-hydrogen) atoms. The van der Waals surface area contributed by atoms with E-state index in [2.05, 4.69) is 13.1 Å². The van der Waals surface area contributed by atoms with Gasteiger partial charge in [0.1, 0.15) is 7.38 Å². The van der Waals surface area contributed by atoms with Gasteiger partial charge in [-0.1, -0.05) is 225 Å². The van der Waals surface area contributed by atoms with E-state index in [-0.39, 0.29) is 0 Å². The molecule has 258 valence electrons. The van der Waals surface area contributed by atoms with Crippen LogP contribution < -0.4 is 0 Å². The van der Waals surface area contributed by atoms with Gasteiger partial charge >= 0.3 is 5.97 Å². The normalized spacial score (nSPS) is 11.9. The van der Waals surface area contributed by atoms with Crippen LogP contribution in [-0.2, 0) is 4.79 Å². The number of hydrogen-bond acceptors (Lipinski definition) is 1. The maximum Gasteiger partial charge on any atom is 0.303 e. The molecule has 0 aromatic carbocycles. The van der Waals surface area contributed by atoms with Crippen LogP contribution in [0.25, 0.3) is 0 Å². The van der Waals surface area contributed by atoms with E-state index in [0.29, 0.717) is 6.42 Å². The molecule has 0 aliphatic heterocycles. The fraction of sp³-hybridized carbons (Fsp3) is 0.974. The first-order valence-electron chi connectivity index (χ1n) is 19.8. The van der Waals surface area contributed by atoms with Crippen LogP contribution in [0.5, 0.6) is 0 Å². The van der Waals surface area contributed by atoms with E-state index in [9.17, 15) is 4.79 Å². The van der Waals surface area contributed by atoms with Gasteiger partial charge in [0.05, 0.1) is 0 Å². The van der Waals surface area contributed by atoms with Crippen molar-refractivity contribution in [3.63, 3.8) is 0 Å². The minimum absolute atomic E-state index is 0.345. The summed E-state index contributed by atoms with van der Waals surface area (Å²) in [7, 11) is -1.32. The molecule has 0 spiro atoms. The third-order valence-electron chi connectivity index (χ3n) is 9.41. The molecule has 0 saturated heterocycles. The van der Waals surface area contributed by atoms with E-state index in [1.807, 2.05) is 0 Å². The molecule has 0 aromatic rings. The number of rotatable bonds is 37. The van der Waals surface area contributed by atoms with Crippen molar-refractivity contribution in [3.8, 4) is 0 Å². The Morgan fingerprint density at radius 3 is 0.698 bits per heavy atom. The first-order valence-corrected chi connectivity index (χ1v) is 24.0. The van der Waals surface area contributed by atoms with Gasteiger partial charge < -0.3 is 5.11 Å². The summed E-state index contributed by atoms with van der Waals surface area (Å²) in [6.07, 6.45) is 48.1. The molecule has 4 heteroatoms. The van der Waals surface area contributed by atoms with Crippen LogP contribution in [0.1, 0.15) is 225 Å². The van der Waals surface area contributed by atoms with Crippen molar-refractivity contribution < 1.29 is 9.90 Å². The Morgan fingerprint density at radius 2 is 0.535 bits per heavy atom. The monoisotopic (exact) mass is 643 g/mol.